The molecule has 1 fully saturated rings. The first kappa shape index (κ1) is 24.9. The number of nitrogens with zero attached hydrogens (tertiary/aromatic N) is 1. The lowest BCUT2D eigenvalue weighted by Gasteiger charge is -2.23. The Bertz CT molecular complexity index is 1220. The van der Waals surface area contributed by atoms with Crippen molar-refractivity contribution in [3.05, 3.63) is 89.5 Å². The number of aryl methyl sites for hydroxylation is 1. The Balaban J connectivity index is 1.27. The number of urea groups is 1. The normalized spacial score (nSPS) is 15.3. The highest BCUT2D eigenvalue weighted by Gasteiger charge is 2.30. The smallest absolute Gasteiger partial charge is 0.335 e. The van der Waals surface area contributed by atoms with Gasteiger partial charge in [0.05, 0.1) is 11.6 Å². The number of carbonyl (C=O) groups excluding carboxylic acids is 2. The van der Waals surface area contributed by atoms with E-state index in [1.54, 1.807) is 24.3 Å². The standard InChI is InChI=1S/C28H29N3O5/c1-19-5-2-3-6-24(19)30-28(35)29-22-12-8-20(9-13-22)17-26(32)25-7-4-16-31(25)18-36-23-14-10-21(11-15-23)27(33)34/h2-3,5-6,8-15,25H,4,7,16-18H2,1H3,(H,33,34)(H2,29,30,35)/t25-/m0/s1. The first-order valence-electron chi connectivity index (χ1n) is 11.8. The van der Waals surface area contributed by atoms with Gasteiger partial charge in [0.25, 0.3) is 0 Å². The summed E-state index contributed by atoms with van der Waals surface area (Å²) in [6.45, 7) is 2.96. The Kier molecular flexibility index (Phi) is 7.97. The van der Waals surface area contributed by atoms with Gasteiger partial charge in [0, 0.05) is 24.3 Å². The number of carbonyl (C=O) groups is 3. The maximum Gasteiger partial charge on any atom is 0.335 e. The molecule has 0 aromatic heterocycles. The van der Waals surface area contributed by atoms with Crippen LogP contribution < -0.4 is 15.4 Å². The van der Waals surface area contributed by atoms with Crippen molar-refractivity contribution in [1.82, 2.24) is 4.90 Å². The van der Waals surface area contributed by atoms with Gasteiger partial charge < -0.3 is 20.5 Å². The van der Waals surface area contributed by atoms with E-state index in [1.165, 1.54) is 12.1 Å². The molecule has 8 nitrogen and oxygen atoms in total. The second-order valence-electron chi connectivity index (χ2n) is 8.81. The molecular formula is C28H29N3O5. The summed E-state index contributed by atoms with van der Waals surface area (Å²) in [5.41, 5.74) is 3.44. The summed E-state index contributed by atoms with van der Waals surface area (Å²) >= 11 is 0. The Hall–Kier alpha value is -4.17. The first-order valence-corrected chi connectivity index (χ1v) is 11.8. The maximum atomic E-state index is 13.0. The average molecular weight is 488 g/mol. The van der Waals surface area contributed by atoms with E-state index < -0.39 is 5.97 Å². The van der Waals surface area contributed by atoms with Crippen LogP contribution >= 0.6 is 0 Å². The van der Waals surface area contributed by atoms with Gasteiger partial charge in [-0.15, -0.1) is 0 Å². The zero-order valence-electron chi connectivity index (χ0n) is 20.1. The summed E-state index contributed by atoms with van der Waals surface area (Å²) in [6, 6.07) is 20.5. The first-order chi connectivity index (χ1) is 17.4. The number of rotatable bonds is 9. The second-order valence-corrected chi connectivity index (χ2v) is 8.81. The lowest BCUT2D eigenvalue weighted by Crippen LogP contribution is -2.39. The fourth-order valence-electron chi connectivity index (χ4n) is 4.22. The highest BCUT2D eigenvalue weighted by atomic mass is 16.5. The number of benzene rings is 3. The molecule has 0 bridgehead atoms. The number of hydrogen-bond acceptors (Lipinski definition) is 5. The van der Waals surface area contributed by atoms with Crippen LogP contribution in [0.1, 0.15) is 34.3 Å². The summed E-state index contributed by atoms with van der Waals surface area (Å²) in [6.07, 6.45) is 1.99. The van der Waals surface area contributed by atoms with Crippen molar-refractivity contribution in [3.63, 3.8) is 0 Å². The summed E-state index contributed by atoms with van der Waals surface area (Å²) < 4.78 is 5.79. The van der Waals surface area contributed by atoms with Gasteiger partial charge in [-0.1, -0.05) is 30.3 Å². The number of aromatic carboxylic acids is 1. The largest absolute Gasteiger partial charge is 0.478 e. The minimum atomic E-state index is -0.985. The highest BCUT2D eigenvalue weighted by Crippen LogP contribution is 2.22. The van der Waals surface area contributed by atoms with Crippen LogP contribution in [-0.4, -0.2) is 47.1 Å². The molecule has 36 heavy (non-hydrogen) atoms. The topological polar surface area (TPSA) is 108 Å². The number of para-hydroxylation sites is 1. The molecule has 2 amide bonds. The van der Waals surface area contributed by atoms with Gasteiger partial charge in [0.1, 0.15) is 12.5 Å². The van der Waals surface area contributed by atoms with Gasteiger partial charge in [-0.05, 0) is 73.4 Å². The van der Waals surface area contributed by atoms with E-state index in [4.69, 9.17) is 9.84 Å². The van der Waals surface area contributed by atoms with Crippen molar-refractivity contribution in [2.75, 3.05) is 23.9 Å². The number of ether oxygens (including phenoxy) is 1. The Morgan fingerprint density at radius 2 is 1.69 bits per heavy atom. The molecule has 0 unspecified atom stereocenters. The summed E-state index contributed by atoms with van der Waals surface area (Å²) in [5, 5.41) is 14.6. The zero-order valence-corrected chi connectivity index (χ0v) is 20.1. The van der Waals surface area contributed by atoms with Crippen molar-refractivity contribution in [2.24, 2.45) is 0 Å². The van der Waals surface area contributed by atoms with Crippen LogP contribution in [0.4, 0.5) is 16.2 Å². The summed E-state index contributed by atoms with van der Waals surface area (Å²) in [4.78, 5) is 38.3. The third-order valence-electron chi connectivity index (χ3n) is 6.22. The van der Waals surface area contributed by atoms with E-state index in [0.29, 0.717) is 17.9 Å². The number of carboxylic acid groups (broad SMARTS) is 1. The highest BCUT2D eigenvalue weighted by molar-refractivity contribution is 6.00. The Morgan fingerprint density at radius 3 is 2.39 bits per heavy atom. The number of Topliss-reactive ketones (excluding diaryl/α,β-unsaturated/α-hetero) is 1. The van der Waals surface area contributed by atoms with Crippen LogP contribution in [0.2, 0.25) is 0 Å². The van der Waals surface area contributed by atoms with Crippen molar-refractivity contribution in [3.8, 4) is 5.75 Å². The number of nitrogens with one attached hydrogen (secondary N) is 2. The fraction of sp³-hybridized carbons (Fsp3) is 0.250. The van der Waals surface area contributed by atoms with Gasteiger partial charge >= 0.3 is 12.0 Å². The third-order valence-corrected chi connectivity index (χ3v) is 6.22. The third kappa shape index (κ3) is 6.49. The lowest BCUT2D eigenvalue weighted by molar-refractivity contribution is -0.123. The summed E-state index contributed by atoms with van der Waals surface area (Å²) in [5.74, 6) is -0.302. The van der Waals surface area contributed by atoms with Crippen LogP contribution in [0.3, 0.4) is 0 Å². The molecule has 3 aromatic rings. The number of amides is 2. The molecule has 8 heteroatoms. The predicted octanol–water partition coefficient (Wildman–Crippen LogP) is 4.95. The molecule has 3 N–H and O–H groups in total. The molecule has 0 spiro atoms. The summed E-state index contributed by atoms with van der Waals surface area (Å²) in [7, 11) is 0. The molecule has 1 heterocycles. The molecule has 4 rings (SSSR count). The molecule has 0 aliphatic carbocycles. The molecule has 1 aliphatic heterocycles. The Morgan fingerprint density at radius 1 is 0.972 bits per heavy atom. The molecule has 1 aliphatic rings. The second kappa shape index (κ2) is 11.5. The van der Waals surface area contributed by atoms with Gasteiger partial charge in [0.2, 0.25) is 0 Å². The van der Waals surface area contributed by atoms with E-state index in [2.05, 4.69) is 10.6 Å². The molecular weight excluding hydrogens is 458 g/mol. The molecule has 186 valence electrons. The fourth-order valence-corrected chi connectivity index (χ4v) is 4.22. The molecule has 0 radical (unpaired) electrons. The van der Waals surface area contributed by atoms with Crippen LogP contribution in [0.15, 0.2) is 72.8 Å². The van der Waals surface area contributed by atoms with Crippen LogP contribution in [0, 0.1) is 6.92 Å². The molecule has 0 saturated carbocycles. The molecule has 1 atom stereocenters. The van der Waals surface area contributed by atoms with E-state index in [1.807, 2.05) is 48.2 Å². The monoisotopic (exact) mass is 487 g/mol. The van der Waals surface area contributed by atoms with E-state index in [9.17, 15) is 14.4 Å². The van der Waals surface area contributed by atoms with Gasteiger partial charge in [-0.3, -0.25) is 9.69 Å². The molecule has 3 aromatic carbocycles. The number of likely N-dealkylation sites (tertiary alicyclic amines) is 1. The van der Waals surface area contributed by atoms with Gasteiger partial charge in [-0.25, -0.2) is 9.59 Å². The van der Waals surface area contributed by atoms with E-state index in [0.717, 1.165) is 36.2 Å². The number of carboxylic acids is 1. The van der Waals surface area contributed by atoms with Gasteiger partial charge in [-0.2, -0.15) is 0 Å². The molecule has 1 saturated heterocycles. The number of ketones is 1. The van der Waals surface area contributed by atoms with E-state index >= 15 is 0 Å². The zero-order chi connectivity index (χ0) is 25.5. The Labute approximate surface area is 209 Å². The van der Waals surface area contributed by atoms with Crippen molar-refractivity contribution in [1.29, 1.82) is 0 Å². The minimum Gasteiger partial charge on any atom is -0.478 e. The van der Waals surface area contributed by atoms with Crippen LogP contribution in [-0.2, 0) is 11.2 Å². The quantitative estimate of drug-likeness (QED) is 0.394. The number of anilines is 2. The van der Waals surface area contributed by atoms with Crippen molar-refractivity contribution in [2.45, 2.75) is 32.2 Å². The van der Waals surface area contributed by atoms with Crippen molar-refractivity contribution < 1.29 is 24.2 Å². The minimum absolute atomic E-state index is 0.121. The average Bonchev–Trinajstić information content (AvgIpc) is 3.34. The SMILES string of the molecule is Cc1ccccc1NC(=O)Nc1ccc(CC(=O)[C@@H]2CCCN2COc2ccc(C(=O)O)cc2)cc1. The predicted molar refractivity (Wildman–Crippen MR) is 138 cm³/mol. The number of hydrogen-bond donors (Lipinski definition) is 3. The lowest BCUT2D eigenvalue weighted by atomic mass is 10.0. The van der Waals surface area contributed by atoms with Crippen LogP contribution in [0.25, 0.3) is 0 Å². The maximum absolute atomic E-state index is 13.0. The van der Waals surface area contributed by atoms with Gasteiger partial charge in [0.15, 0.2) is 5.78 Å². The van der Waals surface area contributed by atoms with Crippen molar-refractivity contribution >= 4 is 29.2 Å². The van der Waals surface area contributed by atoms with Crippen LogP contribution in [0.5, 0.6) is 5.75 Å². The van der Waals surface area contributed by atoms with E-state index in [-0.39, 0.29) is 30.2 Å².